The van der Waals surface area contributed by atoms with E-state index in [1.165, 1.54) is 24.4 Å². The SMILES string of the molecule is Cc1cccc(-c2c(C)nn3c(C)c(C(=O)Nc4ccccc4C(F)(F)F)cnc23)c1. The average molecular weight is 424 g/mol. The number of nitrogens with one attached hydrogen (secondary N) is 1. The van der Waals surface area contributed by atoms with Gasteiger partial charge in [-0.15, -0.1) is 0 Å². The van der Waals surface area contributed by atoms with Crippen molar-refractivity contribution in [1.29, 1.82) is 0 Å². The molecule has 0 saturated carbocycles. The number of carbonyl (C=O) groups excluding carboxylic acids is 1. The number of halogens is 3. The number of fused-ring (bicyclic) bond motifs is 1. The monoisotopic (exact) mass is 424 g/mol. The molecular weight excluding hydrogens is 405 g/mol. The van der Waals surface area contributed by atoms with Crippen molar-refractivity contribution >= 4 is 17.2 Å². The summed E-state index contributed by atoms with van der Waals surface area (Å²) in [7, 11) is 0. The number of carbonyl (C=O) groups is 1. The van der Waals surface area contributed by atoms with Gasteiger partial charge in [0.15, 0.2) is 5.65 Å². The van der Waals surface area contributed by atoms with Crippen LogP contribution in [0.3, 0.4) is 0 Å². The molecule has 2 aromatic carbocycles. The van der Waals surface area contributed by atoms with E-state index in [1.807, 2.05) is 38.1 Å². The summed E-state index contributed by atoms with van der Waals surface area (Å²) in [5, 5.41) is 6.88. The van der Waals surface area contributed by atoms with Crippen molar-refractivity contribution in [3.8, 4) is 11.1 Å². The zero-order valence-corrected chi connectivity index (χ0v) is 17.1. The lowest BCUT2D eigenvalue weighted by molar-refractivity contribution is -0.136. The van der Waals surface area contributed by atoms with Crippen molar-refractivity contribution in [3.05, 3.63) is 82.8 Å². The van der Waals surface area contributed by atoms with Crippen LogP contribution in [0.2, 0.25) is 0 Å². The van der Waals surface area contributed by atoms with Gasteiger partial charge in [-0.25, -0.2) is 9.50 Å². The number of aryl methyl sites for hydroxylation is 3. The number of anilines is 1. The molecule has 0 aliphatic carbocycles. The fourth-order valence-corrected chi connectivity index (χ4v) is 3.59. The molecule has 1 N–H and O–H groups in total. The number of nitrogens with zero attached hydrogens (tertiary/aromatic N) is 3. The van der Waals surface area contributed by atoms with Crippen molar-refractivity contribution in [1.82, 2.24) is 14.6 Å². The highest BCUT2D eigenvalue weighted by molar-refractivity contribution is 6.05. The summed E-state index contributed by atoms with van der Waals surface area (Å²) in [6, 6.07) is 12.8. The van der Waals surface area contributed by atoms with E-state index in [4.69, 9.17) is 0 Å². The van der Waals surface area contributed by atoms with E-state index in [0.717, 1.165) is 28.5 Å². The third kappa shape index (κ3) is 3.76. The molecule has 0 atom stereocenters. The summed E-state index contributed by atoms with van der Waals surface area (Å²) in [4.78, 5) is 17.2. The van der Waals surface area contributed by atoms with Crippen LogP contribution in [-0.2, 0) is 6.18 Å². The Morgan fingerprint density at radius 3 is 2.48 bits per heavy atom. The van der Waals surface area contributed by atoms with Crippen LogP contribution in [-0.4, -0.2) is 20.5 Å². The summed E-state index contributed by atoms with van der Waals surface area (Å²) >= 11 is 0. The van der Waals surface area contributed by atoms with Gasteiger partial charge in [0, 0.05) is 11.8 Å². The summed E-state index contributed by atoms with van der Waals surface area (Å²) in [5.74, 6) is -0.686. The highest BCUT2D eigenvalue weighted by Gasteiger charge is 2.33. The molecule has 0 aliphatic heterocycles. The molecule has 0 fully saturated rings. The fourth-order valence-electron chi connectivity index (χ4n) is 3.59. The standard InChI is InChI=1S/C23H19F3N4O/c1-13-7-6-8-16(11-13)20-14(2)29-30-15(3)17(12-27-21(20)30)22(31)28-19-10-5-4-9-18(19)23(24,25)26/h4-12H,1-3H3,(H,28,31). The van der Waals surface area contributed by atoms with E-state index in [-0.39, 0.29) is 11.3 Å². The van der Waals surface area contributed by atoms with Crippen molar-refractivity contribution in [3.63, 3.8) is 0 Å². The van der Waals surface area contributed by atoms with E-state index < -0.39 is 17.6 Å². The van der Waals surface area contributed by atoms with Crippen molar-refractivity contribution in [2.24, 2.45) is 0 Å². The minimum atomic E-state index is -4.58. The molecule has 4 rings (SSSR count). The van der Waals surface area contributed by atoms with E-state index in [1.54, 1.807) is 11.4 Å². The molecule has 0 unspecified atom stereocenters. The Hall–Kier alpha value is -3.68. The summed E-state index contributed by atoms with van der Waals surface area (Å²) in [5.41, 5.74) is 3.61. The van der Waals surface area contributed by atoms with Gasteiger partial charge in [0.1, 0.15) is 0 Å². The molecule has 2 aromatic heterocycles. The summed E-state index contributed by atoms with van der Waals surface area (Å²) < 4.78 is 41.3. The van der Waals surface area contributed by atoms with Gasteiger partial charge in [-0.2, -0.15) is 18.3 Å². The van der Waals surface area contributed by atoms with Gasteiger partial charge >= 0.3 is 6.18 Å². The van der Waals surface area contributed by atoms with Gasteiger partial charge in [0.25, 0.3) is 5.91 Å². The number of benzene rings is 2. The quantitative estimate of drug-likeness (QED) is 0.466. The second-order valence-corrected chi connectivity index (χ2v) is 7.32. The molecule has 0 bridgehead atoms. The first-order chi connectivity index (χ1) is 14.7. The lowest BCUT2D eigenvalue weighted by atomic mass is 10.0. The van der Waals surface area contributed by atoms with E-state index >= 15 is 0 Å². The second-order valence-electron chi connectivity index (χ2n) is 7.32. The number of hydrogen-bond acceptors (Lipinski definition) is 3. The Morgan fingerprint density at radius 1 is 1.03 bits per heavy atom. The zero-order valence-electron chi connectivity index (χ0n) is 17.1. The Kier molecular flexibility index (Phi) is 5.00. The molecule has 0 radical (unpaired) electrons. The molecule has 1 amide bonds. The predicted octanol–water partition coefficient (Wildman–Crippen LogP) is 5.59. The summed E-state index contributed by atoms with van der Waals surface area (Å²) in [6.45, 7) is 5.53. The van der Waals surface area contributed by atoms with Crippen LogP contribution in [0.15, 0.2) is 54.7 Å². The van der Waals surface area contributed by atoms with Gasteiger partial charge in [0.05, 0.1) is 28.2 Å². The van der Waals surface area contributed by atoms with Gasteiger partial charge in [0.2, 0.25) is 0 Å². The van der Waals surface area contributed by atoms with Crippen LogP contribution >= 0.6 is 0 Å². The molecule has 2 heterocycles. The first-order valence-electron chi connectivity index (χ1n) is 9.56. The van der Waals surface area contributed by atoms with Crippen LogP contribution in [0.1, 0.15) is 32.9 Å². The molecular formula is C23H19F3N4O. The zero-order chi connectivity index (χ0) is 22.3. The maximum atomic E-state index is 13.2. The van der Waals surface area contributed by atoms with Crippen LogP contribution < -0.4 is 5.32 Å². The van der Waals surface area contributed by atoms with Crippen LogP contribution in [0, 0.1) is 20.8 Å². The molecule has 0 spiro atoms. The van der Waals surface area contributed by atoms with Gasteiger partial charge in [-0.05, 0) is 38.5 Å². The number of amides is 1. The minimum Gasteiger partial charge on any atom is -0.321 e. The molecule has 5 nitrogen and oxygen atoms in total. The smallest absolute Gasteiger partial charge is 0.321 e. The lowest BCUT2D eigenvalue weighted by Crippen LogP contribution is -2.19. The van der Waals surface area contributed by atoms with Gasteiger partial charge < -0.3 is 5.32 Å². The predicted molar refractivity (Wildman–Crippen MR) is 112 cm³/mol. The van der Waals surface area contributed by atoms with Crippen LogP contribution in [0.5, 0.6) is 0 Å². The normalized spacial score (nSPS) is 11.7. The topological polar surface area (TPSA) is 59.3 Å². The summed E-state index contributed by atoms with van der Waals surface area (Å²) in [6.07, 6.45) is -3.21. The highest BCUT2D eigenvalue weighted by Crippen LogP contribution is 2.35. The first-order valence-corrected chi connectivity index (χ1v) is 9.56. The number of aromatic nitrogens is 3. The largest absolute Gasteiger partial charge is 0.418 e. The first kappa shape index (κ1) is 20.6. The number of para-hydroxylation sites is 1. The number of rotatable bonds is 3. The fraction of sp³-hybridized carbons (Fsp3) is 0.174. The maximum Gasteiger partial charge on any atom is 0.418 e. The van der Waals surface area contributed by atoms with E-state index in [0.29, 0.717) is 11.3 Å². The van der Waals surface area contributed by atoms with E-state index in [9.17, 15) is 18.0 Å². The highest BCUT2D eigenvalue weighted by atomic mass is 19.4. The number of hydrogen-bond donors (Lipinski definition) is 1. The maximum absolute atomic E-state index is 13.2. The average Bonchev–Trinajstić information content (AvgIpc) is 3.04. The lowest BCUT2D eigenvalue weighted by Gasteiger charge is -2.14. The van der Waals surface area contributed by atoms with Crippen molar-refractivity contribution in [2.45, 2.75) is 26.9 Å². The van der Waals surface area contributed by atoms with Crippen LogP contribution in [0.4, 0.5) is 18.9 Å². The Morgan fingerprint density at radius 2 is 1.77 bits per heavy atom. The molecule has 31 heavy (non-hydrogen) atoms. The second kappa shape index (κ2) is 7.54. The third-order valence-corrected chi connectivity index (χ3v) is 5.09. The molecule has 4 aromatic rings. The Balaban J connectivity index is 1.76. The van der Waals surface area contributed by atoms with Crippen molar-refractivity contribution < 1.29 is 18.0 Å². The van der Waals surface area contributed by atoms with Crippen molar-refractivity contribution in [2.75, 3.05) is 5.32 Å². The number of alkyl halides is 3. The van der Waals surface area contributed by atoms with Crippen LogP contribution in [0.25, 0.3) is 16.8 Å². The molecule has 0 aliphatic rings. The molecule has 8 heteroatoms. The molecule has 158 valence electrons. The third-order valence-electron chi connectivity index (χ3n) is 5.09. The van der Waals surface area contributed by atoms with E-state index in [2.05, 4.69) is 15.4 Å². The van der Waals surface area contributed by atoms with Gasteiger partial charge in [-0.3, -0.25) is 4.79 Å². The Labute approximate surface area is 176 Å². The molecule has 0 saturated heterocycles. The van der Waals surface area contributed by atoms with Gasteiger partial charge in [-0.1, -0.05) is 42.0 Å². The minimum absolute atomic E-state index is 0.141. The Bertz CT molecular complexity index is 1310.